The first-order chi connectivity index (χ1) is 9.23. The number of aliphatic hydroxyl groups excluding tert-OH is 1. The van der Waals surface area contributed by atoms with Gasteiger partial charge in [0.1, 0.15) is 11.6 Å². The van der Waals surface area contributed by atoms with Crippen LogP contribution in [0.3, 0.4) is 0 Å². The quantitative estimate of drug-likeness (QED) is 0.645. The number of benzene rings is 1. The third kappa shape index (κ3) is 5.22. The highest BCUT2D eigenvalue weighted by Gasteiger charge is 2.31. The van der Waals surface area contributed by atoms with Crippen molar-refractivity contribution in [2.75, 3.05) is 26.2 Å². The molecule has 112 valence electrons. The van der Waals surface area contributed by atoms with Crippen LogP contribution in [0.25, 0.3) is 0 Å². The minimum Gasteiger partial charge on any atom is -0.395 e. The van der Waals surface area contributed by atoms with Crippen molar-refractivity contribution < 1.29 is 31.9 Å². The molecule has 0 aliphatic heterocycles. The first-order valence-corrected chi connectivity index (χ1v) is 5.61. The average molecular weight is 297 g/mol. The molecule has 0 bridgehead atoms. The molecule has 0 unspecified atom stereocenters. The Morgan fingerprint density at radius 2 is 1.90 bits per heavy atom. The number of nitrogens with zero attached hydrogens (tertiary/aromatic N) is 1. The number of hydrogen-bond donors (Lipinski definition) is 1. The summed E-state index contributed by atoms with van der Waals surface area (Å²) in [6.07, 6.45) is -4.56. The molecule has 0 radical (unpaired) electrons. The average Bonchev–Trinajstić information content (AvgIpc) is 2.30. The highest BCUT2D eigenvalue weighted by molar-refractivity contribution is 5.97. The third-order valence-corrected chi connectivity index (χ3v) is 2.42. The Morgan fingerprint density at radius 1 is 1.25 bits per heavy atom. The third-order valence-electron chi connectivity index (χ3n) is 2.42. The second-order valence-corrected chi connectivity index (χ2v) is 4.10. The zero-order valence-corrected chi connectivity index (χ0v) is 10.3. The summed E-state index contributed by atoms with van der Waals surface area (Å²) in [5.41, 5.74) is -0.616. The van der Waals surface area contributed by atoms with Gasteiger partial charge in [0.2, 0.25) is 0 Å². The van der Waals surface area contributed by atoms with Gasteiger partial charge in [0, 0.05) is 6.54 Å². The Labute approximate surface area is 111 Å². The summed E-state index contributed by atoms with van der Waals surface area (Å²) in [4.78, 5) is 12.3. The maximum Gasteiger partial charge on any atom is 0.401 e. The lowest BCUT2D eigenvalue weighted by atomic mass is 10.1. The fourth-order valence-electron chi connectivity index (χ4n) is 1.61. The minimum absolute atomic E-state index is 0.401. The van der Waals surface area contributed by atoms with Gasteiger partial charge in [-0.15, -0.1) is 0 Å². The normalized spacial score (nSPS) is 11.9. The molecule has 0 aromatic heterocycles. The number of Topliss-reactive ketones (excluding diaryl/α,β-unsaturated/α-hetero) is 1. The van der Waals surface area contributed by atoms with Crippen molar-refractivity contribution in [3.05, 3.63) is 35.4 Å². The molecule has 1 rings (SSSR count). The molecule has 0 aliphatic rings. The van der Waals surface area contributed by atoms with E-state index >= 15 is 0 Å². The second kappa shape index (κ2) is 6.76. The molecule has 1 aromatic rings. The maximum absolute atomic E-state index is 13.3. The largest absolute Gasteiger partial charge is 0.401 e. The van der Waals surface area contributed by atoms with Crippen LogP contribution in [0.4, 0.5) is 22.0 Å². The molecule has 1 N–H and O–H groups in total. The number of hydrogen-bond acceptors (Lipinski definition) is 3. The van der Waals surface area contributed by atoms with E-state index in [2.05, 4.69) is 0 Å². The number of rotatable bonds is 6. The summed E-state index contributed by atoms with van der Waals surface area (Å²) in [6.45, 7) is -3.17. The van der Waals surface area contributed by atoms with Crippen molar-refractivity contribution in [2.24, 2.45) is 0 Å². The Bertz CT molecular complexity index is 475. The van der Waals surface area contributed by atoms with Crippen LogP contribution >= 0.6 is 0 Å². The molecular formula is C12H12F5NO2. The van der Waals surface area contributed by atoms with Gasteiger partial charge in [0.15, 0.2) is 5.78 Å². The van der Waals surface area contributed by atoms with Crippen LogP contribution in [0.15, 0.2) is 18.2 Å². The van der Waals surface area contributed by atoms with Gasteiger partial charge in [-0.05, 0) is 18.2 Å². The lowest BCUT2D eigenvalue weighted by Gasteiger charge is -2.21. The van der Waals surface area contributed by atoms with E-state index in [-0.39, 0.29) is 0 Å². The molecule has 0 saturated carbocycles. The molecule has 0 amide bonds. The van der Waals surface area contributed by atoms with Gasteiger partial charge < -0.3 is 5.11 Å². The van der Waals surface area contributed by atoms with Crippen LogP contribution in [-0.2, 0) is 0 Å². The molecule has 3 nitrogen and oxygen atoms in total. The molecular weight excluding hydrogens is 285 g/mol. The lowest BCUT2D eigenvalue weighted by Crippen LogP contribution is -2.39. The van der Waals surface area contributed by atoms with E-state index in [1.807, 2.05) is 0 Å². The smallest absolute Gasteiger partial charge is 0.395 e. The number of halogens is 5. The second-order valence-electron chi connectivity index (χ2n) is 4.10. The van der Waals surface area contributed by atoms with E-state index < -0.39 is 55.4 Å². The predicted molar refractivity (Wildman–Crippen MR) is 60.3 cm³/mol. The van der Waals surface area contributed by atoms with E-state index in [0.29, 0.717) is 11.0 Å². The number of ketones is 1. The molecule has 0 fully saturated rings. The van der Waals surface area contributed by atoms with Crippen LogP contribution in [0, 0.1) is 11.6 Å². The van der Waals surface area contributed by atoms with Gasteiger partial charge in [-0.25, -0.2) is 8.78 Å². The Hall–Kier alpha value is -1.54. The molecule has 0 heterocycles. The molecule has 0 aliphatic carbocycles. The summed E-state index contributed by atoms with van der Waals surface area (Å²) >= 11 is 0. The fourth-order valence-corrected chi connectivity index (χ4v) is 1.61. The van der Waals surface area contributed by atoms with Gasteiger partial charge >= 0.3 is 6.18 Å². The Morgan fingerprint density at radius 3 is 2.45 bits per heavy atom. The molecule has 8 heteroatoms. The number of aliphatic hydroxyl groups is 1. The summed E-state index contributed by atoms with van der Waals surface area (Å²) in [5, 5.41) is 8.66. The zero-order valence-electron chi connectivity index (χ0n) is 10.3. The SMILES string of the molecule is O=C(CN(CCO)CC(F)(F)F)c1cc(F)ccc1F. The van der Waals surface area contributed by atoms with Crippen LogP contribution in [-0.4, -0.2) is 48.2 Å². The van der Waals surface area contributed by atoms with Gasteiger partial charge in [-0.3, -0.25) is 9.69 Å². The molecule has 1 aromatic carbocycles. The summed E-state index contributed by atoms with van der Waals surface area (Å²) in [5.74, 6) is -2.86. The lowest BCUT2D eigenvalue weighted by molar-refractivity contribution is -0.145. The van der Waals surface area contributed by atoms with Crippen LogP contribution in [0.5, 0.6) is 0 Å². The summed E-state index contributed by atoms with van der Waals surface area (Å²) in [6, 6.07) is 2.15. The van der Waals surface area contributed by atoms with E-state index in [0.717, 1.165) is 12.1 Å². The highest BCUT2D eigenvalue weighted by atomic mass is 19.4. The molecule has 0 atom stereocenters. The van der Waals surface area contributed by atoms with Crippen molar-refractivity contribution >= 4 is 5.78 Å². The van der Waals surface area contributed by atoms with Crippen molar-refractivity contribution in [3.63, 3.8) is 0 Å². The van der Waals surface area contributed by atoms with Gasteiger partial charge in [0.25, 0.3) is 0 Å². The standard InChI is InChI=1S/C12H12F5NO2/c13-8-1-2-10(14)9(5-8)11(20)6-18(3-4-19)7-12(15,16)17/h1-2,5,19H,3-4,6-7H2. The first kappa shape index (κ1) is 16.5. The maximum atomic E-state index is 13.3. The Kier molecular flexibility index (Phi) is 5.58. The molecule has 0 spiro atoms. The van der Waals surface area contributed by atoms with E-state index in [1.165, 1.54) is 0 Å². The highest BCUT2D eigenvalue weighted by Crippen LogP contribution is 2.17. The van der Waals surface area contributed by atoms with Crippen molar-refractivity contribution in [1.29, 1.82) is 0 Å². The van der Waals surface area contributed by atoms with Gasteiger partial charge in [-0.2, -0.15) is 13.2 Å². The fraction of sp³-hybridized carbons (Fsp3) is 0.417. The minimum atomic E-state index is -4.56. The summed E-state index contributed by atoms with van der Waals surface area (Å²) in [7, 11) is 0. The van der Waals surface area contributed by atoms with Crippen LogP contribution in [0.1, 0.15) is 10.4 Å². The van der Waals surface area contributed by atoms with Gasteiger partial charge in [-0.1, -0.05) is 0 Å². The van der Waals surface area contributed by atoms with E-state index in [1.54, 1.807) is 0 Å². The molecule has 20 heavy (non-hydrogen) atoms. The van der Waals surface area contributed by atoms with Crippen LogP contribution in [0.2, 0.25) is 0 Å². The number of alkyl halides is 3. The van der Waals surface area contributed by atoms with E-state index in [4.69, 9.17) is 5.11 Å². The van der Waals surface area contributed by atoms with Crippen molar-refractivity contribution in [1.82, 2.24) is 4.90 Å². The zero-order chi connectivity index (χ0) is 15.3. The predicted octanol–water partition coefficient (Wildman–Crippen LogP) is 2.00. The number of carbonyl (C=O) groups excluding carboxylic acids is 1. The molecule has 0 saturated heterocycles. The van der Waals surface area contributed by atoms with Gasteiger partial charge in [0.05, 0.1) is 25.3 Å². The van der Waals surface area contributed by atoms with Crippen molar-refractivity contribution in [3.8, 4) is 0 Å². The van der Waals surface area contributed by atoms with Crippen molar-refractivity contribution in [2.45, 2.75) is 6.18 Å². The number of carbonyl (C=O) groups is 1. The monoisotopic (exact) mass is 297 g/mol. The van der Waals surface area contributed by atoms with E-state index in [9.17, 15) is 26.7 Å². The Balaban J connectivity index is 2.82. The summed E-state index contributed by atoms with van der Waals surface area (Å²) < 4.78 is 63.0. The first-order valence-electron chi connectivity index (χ1n) is 5.61. The topological polar surface area (TPSA) is 40.5 Å². The van der Waals surface area contributed by atoms with Crippen LogP contribution < -0.4 is 0 Å².